The van der Waals surface area contributed by atoms with E-state index in [0.717, 1.165) is 18.8 Å². The van der Waals surface area contributed by atoms with E-state index in [1.54, 1.807) is 17.7 Å². The molecule has 2 heterocycles. The van der Waals surface area contributed by atoms with Gasteiger partial charge in [0.2, 0.25) is 0 Å². The van der Waals surface area contributed by atoms with E-state index in [0.29, 0.717) is 0 Å². The van der Waals surface area contributed by atoms with Gasteiger partial charge in [0, 0.05) is 4.88 Å². The fourth-order valence-electron chi connectivity index (χ4n) is 1.63. The van der Waals surface area contributed by atoms with E-state index in [-0.39, 0.29) is 6.04 Å². The maximum Gasteiger partial charge on any atom is 0.146 e. The van der Waals surface area contributed by atoms with E-state index in [2.05, 4.69) is 45.8 Å². The highest BCUT2D eigenvalue weighted by molar-refractivity contribution is 7.10. The molecule has 4 nitrogen and oxygen atoms in total. The SMILES string of the molecule is CCCNC(c1csc(C)c1)c1ncn[nH]1. The highest BCUT2D eigenvalue weighted by Gasteiger charge is 2.16. The highest BCUT2D eigenvalue weighted by atomic mass is 32.1. The predicted octanol–water partition coefficient (Wildman–Crippen LogP) is 2.26. The molecule has 0 spiro atoms. The first kappa shape index (κ1) is 11.3. The van der Waals surface area contributed by atoms with Crippen LogP contribution in [0.5, 0.6) is 0 Å². The minimum absolute atomic E-state index is 0.132. The van der Waals surface area contributed by atoms with Crippen molar-refractivity contribution in [1.29, 1.82) is 0 Å². The lowest BCUT2D eigenvalue weighted by molar-refractivity contribution is 0.575. The maximum atomic E-state index is 4.23. The molecule has 2 rings (SSSR count). The molecule has 16 heavy (non-hydrogen) atoms. The summed E-state index contributed by atoms with van der Waals surface area (Å²) in [6.45, 7) is 5.25. The van der Waals surface area contributed by atoms with Crippen LogP contribution >= 0.6 is 11.3 Å². The first-order chi connectivity index (χ1) is 7.81. The summed E-state index contributed by atoms with van der Waals surface area (Å²) in [6.07, 6.45) is 2.66. The highest BCUT2D eigenvalue weighted by Crippen LogP contribution is 2.23. The van der Waals surface area contributed by atoms with Crippen molar-refractivity contribution < 1.29 is 0 Å². The summed E-state index contributed by atoms with van der Waals surface area (Å²) in [4.78, 5) is 5.55. The lowest BCUT2D eigenvalue weighted by Gasteiger charge is -2.14. The van der Waals surface area contributed by atoms with Crippen LogP contribution in [0.3, 0.4) is 0 Å². The van der Waals surface area contributed by atoms with Crippen molar-refractivity contribution in [2.45, 2.75) is 26.3 Å². The molecule has 0 radical (unpaired) electrons. The third-order valence-electron chi connectivity index (χ3n) is 2.39. The largest absolute Gasteiger partial charge is 0.304 e. The van der Waals surface area contributed by atoms with Gasteiger partial charge in [0.15, 0.2) is 0 Å². The smallest absolute Gasteiger partial charge is 0.146 e. The van der Waals surface area contributed by atoms with E-state index >= 15 is 0 Å². The van der Waals surface area contributed by atoms with Gasteiger partial charge in [0.25, 0.3) is 0 Å². The lowest BCUT2D eigenvalue weighted by Crippen LogP contribution is -2.23. The number of nitrogens with zero attached hydrogens (tertiary/aromatic N) is 2. The van der Waals surface area contributed by atoms with Gasteiger partial charge in [-0.05, 0) is 36.9 Å². The summed E-state index contributed by atoms with van der Waals surface area (Å²) in [6, 6.07) is 2.33. The summed E-state index contributed by atoms with van der Waals surface area (Å²) in [5, 5.41) is 12.5. The Morgan fingerprint density at radius 2 is 2.44 bits per heavy atom. The van der Waals surface area contributed by atoms with Crippen LogP contribution in [0.4, 0.5) is 0 Å². The summed E-state index contributed by atoms with van der Waals surface area (Å²) in [5.74, 6) is 0.881. The van der Waals surface area contributed by atoms with Crippen molar-refractivity contribution >= 4 is 11.3 Å². The summed E-state index contributed by atoms with van der Waals surface area (Å²) in [7, 11) is 0. The molecule has 2 N–H and O–H groups in total. The molecule has 0 aliphatic heterocycles. The molecule has 0 aliphatic rings. The number of hydrogen-bond donors (Lipinski definition) is 2. The zero-order chi connectivity index (χ0) is 11.4. The summed E-state index contributed by atoms with van der Waals surface area (Å²) >= 11 is 1.76. The average molecular weight is 236 g/mol. The number of H-pyrrole nitrogens is 1. The number of aryl methyl sites for hydroxylation is 1. The van der Waals surface area contributed by atoms with E-state index < -0.39 is 0 Å². The lowest BCUT2D eigenvalue weighted by atomic mass is 10.1. The first-order valence-electron chi connectivity index (χ1n) is 5.45. The Bertz CT molecular complexity index is 421. The standard InChI is InChI=1S/C11H16N4S/c1-3-4-12-10(11-13-7-14-15-11)9-5-8(2)16-6-9/h5-7,10,12H,3-4H2,1-2H3,(H,13,14,15). The molecule has 1 atom stereocenters. The van der Waals surface area contributed by atoms with Gasteiger partial charge >= 0.3 is 0 Å². The summed E-state index contributed by atoms with van der Waals surface area (Å²) < 4.78 is 0. The average Bonchev–Trinajstić information content (AvgIpc) is 2.91. The van der Waals surface area contributed by atoms with Gasteiger partial charge < -0.3 is 5.32 Å². The van der Waals surface area contributed by atoms with Crippen molar-refractivity contribution in [3.8, 4) is 0 Å². The number of rotatable bonds is 5. The fourth-order valence-corrected chi connectivity index (χ4v) is 2.36. The number of nitrogens with one attached hydrogen (secondary N) is 2. The van der Waals surface area contributed by atoms with Crippen LogP contribution in [0.1, 0.15) is 35.7 Å². The molecule has 0 bridgehead atoms. The quantitative estimate of drug-likeness (QED) is 0.837. The van der Waals surface area contributed by atoms with E-state index in [1.165, 1.54) is 10.4 Å². The van der Waals surface area contributed by atoms with Crippen LogP contribution < -0.4 is 5.32 Å². The second-order valence-corrected chi connectivity index (χ2v) is 4.86. The Kier molecular flexibility index (Phi) is 3.69. The molecule has 0 aromatic carbocycles. The Morgan fingerprint density at radius 1 is 1.56 bits per heavy atom. The topological polar surface area (TPSA) is 53.6 Å². The Hall–Kier alpha value is -1.20. The third kappa shape index (κ3) is 2.48. The van der Waals surface area contributed by atoms with E-state index in [1.807, 2.05) is 0 Å². The molecular weight excluding hydrogens is 220 g/mol. The normalized spacial score (nSPS) is 12.9. The molecule has 2 aromatic rings. The molecule has 0 aliphatic carbocycles. The number of hydrogen-bond acceptors (Lipinski definition) is 4. The molecule has 1 unspecified atom stereocenters. The van der Waals surface area contributed by atoms with Gasteiger partial charge in [-0.15, -0.1) is 11.3 Å². The zero-order valence-electron chi connectivity index (χ0n) is 9.53. The minimum Gasteiger partial charge on any atom is -0.304 e. The third-order valence-corrected chi connectivity index (χ3v) is 3.27. The number of aromatic nitrogens is 3. The summed E-state index contributed by atoms with van der Waals surface area (Å²) in [5.41, 5.74) is 1.26. The monoisotopic (exact) mass is 236 g/mol. The van der Waals surface area contributed by atoms with Gasteiger partial charge in [0.05, 0.1) is 6.04 Å². The second kappa shape index (κ2) is 5.23. The van der Waals surface area contributed by atoms with Crippen molar-refractivity contribution in [3.05, 3.63) is 34.0 Å². The zero-order valence-corrected chi connectivity index (χ0v) is 10.3. The fraction of sp³-hybridized carbons (Fsp3) is 0.455. The van der Waals surface area contributed by atoms with E-state index in [9.17, 15) is 0 Å². The Morgan fingerprint density at radius 3 is 3.00 bits per heavy atom. The van der Waals surface area contributed by atoms with Crippen molar-refractivity contribution in [2.75, 3.05) is 6.54 Å². The van der Waals surface area contributed by atoms with Gasteiger partial charge in [-0.1, -0.05) is 6.92 Å². The molecule has 5 heteroatoms. The Balaban J connectivity index is 2.21. The minimum atomic E-state index is 0.132. The molecule has 0 saturated heterocycles. The first-order valence-corrected chi connectivity index (χ1v) is 6.33. The second-order valence-electron chi connectivity index (χ2n) is 3.75. The molecule has 86 valence electrons. The molecule has 0 fully saturated rings. The number of thiophene rings is 1. The van der Waals surface area contributed by atoms with Crippen LogP contribution in [-0.2, 0) is 0 Å². The van der Waals surface area contributed by atoms with Crippen LogP contribution in [-0.4, -0.2) is 21.7 Å². The van der Waals surface area contributed by atoms with Gasteiger partial charge in [-0.25, -0.2) is 4.98 Å². The Labute approximate surface area is 99.1 Å². The van der Waals surface area contributed by atoms with Crippen LogP contribution in [0.2, 0.25) is 0 Å². The number of aromatic amines is 1. The molecule has 0 saturated carbocycles. The van der Waals surface area contributed by atoms with Crippen LogP contribution in [0.25, 0.3) is 0 Å². The van der Waals surface area contributed by atoms with Gasteiger partial charge in [-0.3, -0.25) is 5.10 Å². The maximum absolute atomic E-state index is 4.23. The van der Waals surface area contributed by atoms with Gasteiger partial charge in [-0.2, -0.15) is 5.10 Å². The molecule has 0 amide bonds. The predicted molar refractivity (Wildman–Crippen MR) is 65.6 cm³/mol. The van der Waals surface area contributed by atoms with Gasteiger partial charge in [0.1, 0.15) is 12.2 Å². The van der Waals surface area contributed by atoms with Crippen molar-refractivity contribution in [1.82, 2.24) is 20.5 Å². The molecule has 2 aromatic heterocycles. The van der Waals surface area contributed by atoms with Crippen molar-refractivity contribution in [2.24, 2.45) is 0 Å². The van der Waals surface area contributed by atoms with E-state index in [4.69, 9.17) is 0 Å². The molecular formula is C11H16N4S. The van der Waals surface area contributed by atoms with Crippen molar-refractivity contribution in [3.63, 3.8) is 0 Å². The van der Waals surface area contributed by atoms with Crippen LogP contribution in [0, 0.1) is 6.92 Å². The van der Waals surface area contributed by atoms with Crippen LogP contribution in [0.15, 0.2) is 17.8 Å².